The molecule has 2 aromatic carbocycles. The molecule has 152 valence electrons. The number of aryl methyl sites for hydroxylation is 1. The van der Waals surface area contributed by atoms with Gasteiger partial charge >= 0.3 is 0 Å². The molecule has 1 aromatic heterocycles. The van der Waals surface area contributed by atoms with Crippen LogP contribution in [0.1, 0.15) is 27.3 Å². The minimum absolute atomic E-state index is 0.0877. The predicted octanol–water partition coefficient (Wildman–Crippen LogP) is 4.08. The van der Waals surface area contributed by atoms with Gasteiger partial charge in [-0.2, -0.15) is 5.26 Å². The molecular formula is C24H22N2O4. The van der Waals surface area contributed by atoms with Crippen LogP contribution in [0.4, 0.5) is 0 Å². The number of para-hydroxylation sites is 2. The Morgan fingerprint density at radius 3 is 2.77 bits per heavy atom. The number of hydrogen-bond acceptors (Lipinski definition) is 5. The fraction of sp³-hybridized carbons (Fsp3) is 0.250. The van der Waals surface area contributed by atoms with E-state index >= 15 is 0 Å². The summed E-state index contributed by atoms with van der Waals surface area (Å²) in [5.74, 6) is 1.88. The van der Waals surface area contributed by atoms with Crippen molar-refractivity contribution >= 4 is 5.78 Å². The lowest BCUT2D eigenvalue weighted by Crippen LogP contribution is -2.33. The Hall–Kier alpha value is -3.72. The first kappa shape index (κ1) is 19.6. The van der Waals surface area contributed by atoms with E-state index in [0.717, 1.165) is 22.9 Å². The van der Waals surface area contributed by atoms with Crippen molar-refractivity contribution in [3.05, 3.63) is 77.1 Å². The molecule has 0 unspecified atom stereocenters. The Balaban J connectivity index is 1.44. The highest BCUT2D eigenvalue weighted by Gasteiger charge is 2.24. The normalized spacial score (nSPS) is 14.8. The van der Waals surface area contributed by atoms with Gasteiger partial charge in [0.1, 0.15) is 12.4 Å². The fourth-order valence-electron chi connectivity index (χ4n) is 3.60. The van der Waals surface area contributed by atoms with Crippen LogP contribution in [0.5, 0.6) is 17.2 Å². The molecule has 3 aromatic rings. The summed E-state index contributed by atoms with van der Waals surface area (Å²) < 4.78 is 19.5. The largest absolute Gasteiger partial charge is 0.486 e. The summed E-state index contributed by atoms with van der Waals surface area (Å²) in [5, 5.41) is 8.98. The number of benzene rings is 2. The second-order valence-electron chi connectivity index (χ2n) is 7.24. The van der Waals surface area contributed by atoms with Gasteiger partial charge in [0.2, 0.25) is 5.78 Å². The van der Waals surface area contributed by atoms with E-state index in [1.165, 1.54) is 0 Å². The molecule has 1 atom stereocenters. The molecule has 1 aliphatic rings. The smallest absolute Gasteiger partial charge is 0.202 e. The second-order valence-corrected chi connectivity index (χ2v) is 7.24. The molecule has 0 aliphatic carbocycles. The van der Waals surface area contributed by atoms with Crippen molar-refractivity contribution in [2.45, 2.75) is 26.5 Å². The highest BCUT2D eigenvalue weighted by molar-refractivity contribution is 5.98. The standard InChI is InChI=1S/C24H22N2O4/c1-16-10-21(22(27)15-28-19-7-5-6-18(11-19)12-25)17(2)26(16)13-20-14-29-23-8-3-4-9-24(23)30-20/h3-11,20H,13-15H2,1-2H3/t20-/m0/s1. The molecule has 2 heterocycles. The minimum Gasteiger partial charge on any atom is -0.486 e. The lowest BCUT2D eigenvalue weighted by Gasteiger charge is -2.27. The monoisotopic (exact) mass is 402 g/mol. The van der Waals surface area contributed by atoms with Crippen LogP contribution >= 0.6 is 0 Å². The zero-order valence-corrected chi connectivity index (χ0v) is 16.9. The molecule has 0 radical (unpaired) electrons. The molecule has 0 saturated heterocycles. The molecule has 30 heavy (non-hydrogen) atoms. The number of ether oxygens (including phenoxy) is 3. The summed E-state index contributed by atoms with van der Waals surface area (Å²) in [6.07, 6.45) is -0.141. The molecule has 0 saturated carbocycles. The van der Waals surface area contributed by atoms with E-state index in [1.54, 1.807) is 24.3 Å². The maximum absolute atomic E-state index is 12.8. The summed E-state index contributed by atoms with van der Waals surface area (Å²) in [7, 11) is 0. The van der Waals surface area contributed by atoms with Crippen LogP contribution in [0.3, 0.4) is 0 Å². The van der Waals surface area contributed by atoms with Gasteiger partial charge in [0, 0.05) is 17.0 Å². The van der Waals surface area contributed by atoms with Crippen molar-refractivity contribution in [3.8, 4) is 23.3 Å². The van der Waals surface area contributed by atoms with Crippen molar-refractivity contribution < 1.29 is 19.0 Å². The molecule has 0 amide bonds. The van der Waals surface area contributed by atoms with Crippen molar-refractivity contribution in [1.82, 2.24) is 4.57 Å². The predicted molar refractivity (Wildman–Crippen MR) is 111 cm³/mol. The molecule has 4 rings (SSSR count). The van der Waals surface area contributed by atoms with Crippen molar-refractivity contribution in [2.75, 3.05) is 13.2 Å². The van der Waals surface area contributed by atoms with E-state index in [0.29, 0.717) is 30.0 Å². The SMILES string of the molecule is Cc1cc(C(=O)COc2cccc(C#N)c2)c(C)n1C[C@H]1COc2ccccc2O1. The summed E-state index contributed by atoms with van der Waals surface area (Å²) >= 11 is 0. The third-order valence-corrected chi connectivity index (χ3v) is 5.16. The Labute approximate surface area is 175 Å². The van der Waals surface area contributed by atoms with Gasteiger partial charge < -0.3 is 18.8 Å². The first-order chi connectivity index (χ1) is 14.5. The molecule has 1 aliphatic heterocycles. The van der Waals surface area contributed by atoms with E-state index in [-0.39, 0.29) is 18.5 Å². The number of carbonyl (C=O) groups excluding carboxylic acids is 1. The van der Waals surface area contributed by atoms with Gasteiger partial charge in [-0.3, -0.25) is 4.79 Å². The Bertz CT molecular complexity index is 1130. The third kappa shape index (κ3) is 4.01. The Kier molecular flexibility index (Phi) is 5.44. The molecular weight excluding hydrogens is 380 g/mol. The highest BCUT2D eigenvalue weighted by Crippen LogP contribution is 2.31. The molecule has 0 spiro atoms. The number of ketones is 1. The van der Waals surface area contributed by atoms with Gasteiger partial charge in [-0.1, -0.05) is 18.2 Å². The molecule has 0 N–H and O–H groups in total. The first-order valence-corrected chi connectivity index (χ1v) is 9.76. The number of rotatable bonds is 6. The molecule has 0 fully saturated rings. The maximum atomic E-state index is 12.8. The van der Waals surface area contributed by atoms with Gasteiger partial charge in [-0.05, 0) is 50.2 Å². The first-order valence-electron chi connectivity index (χ1n) is 9.76. The summed E-state index contributed by atoms with van der Waals surface area (Å²) in [4.78, 5) is 12.8. The van der Waals surface area contributed by atoms with Gasteiger partial charge in [0.25, 0.3) is 0 Å². The second kappa shape index (κ2) is 8.34. The maximum Gasteiger partial charge on any atom is 0.202 e. The van der Waals surface area contributed by atoms with E-state index in [9.17, 15) is 4.79 Å². The number of aromatic nitrogens is 1. The lowest BCUT2D eigenvalue weighted by atomic mass is 10.1. The van der Waals surface area contributed by atoms with Gasteiger partial charge in [0.15, 0.2) is 24.2 Å². The number of hydrogen-bond donors (Lipinski definition) is 0. The average molecular weight is 402 g/mol. The van der Waals surface area contributed by atoms with E-state index in [4.69, 9.17) is 19.5 Å². The zero-order valence-electron chi connectivity index (χ0n) is 16.9. The number of Topliss-reactive ketones (excluding diaryl/α,β-unsaturated/α-hetero) is 1. The third-order valence-electron chi connectivity index (χ3n) is 5.16. The summed E-state index contributed by atoms with van der Waals surface area (Å²) in [5.41, 5.74) is 2.97. The van der Waals surface area contributed by atoms with Crippen molar-refractivity contribution in [1.29, 1.82) is 5.26 Å². The van der Waals surface area contributed by atoms with Crippen LogP contribution in [0.2, 0.25) is 0 Å². The van der Waals surface area contributed by atoms with Gasteiger partial charge in [0.05, 0.1) is 18.2 Å². The van der Waals surface area contributed by atoms with Crippen molar-refractivity contribution in [3.63, 3.8) is 0 Å². The van der Waals surface area contributed by atoms with Crippen molar-refractivity contribution in [2.24, 2.45) is 0 Å². The van der Waals surface area contributed by atoms with Gasteiger partial charge in [-0.15, -0.1) is 0 Å². The summed E-state index contributed by atoms with van der Waals surface area (Å²) in [6, 6.07) is 18.3. The Morgan fingerprint density at radius 2 is 1.97 bits per heavy atom. The van der Waals surface area contributed by atoms with Crippen LogP contribution in [0, 0.1) is 25.2 Å². The van der Waals surface area contributed by atoms with E-state index in [2.05, 4.69) is 10.6 Å². The topological polar surface area (TPSA) is 73.5 Å². The van der Waals surface area contributed by atoms with Gasteiger partial charge in [-0.25, -0.2) is 0 Å². The van der Waals surface area contributed by atoms with E-state index in [1.807, 2.05) is 44.2 Å². The number of carbonyl (C=O) groups is 1. The average Bonchev–Trinajstić information content (AvgIpc) is 3.06. The van der Waals surface area contributed by atoms with Crippen LogP contribution in [0.15, 0.2) is 54.6 Å². The number of fused-ring (bicyclic) bond motifs is 1. The van der Waals surface area contributed by atoms with Crippen LogP contribution in [-0.2, 0) is 6.54 Å². The number of nitrogens with zero attached hydrogens (tertiary/aromatic N) is 2. The minimum atomic E-state index is -0.141. The molecule has 6 heteroatoms. The zero-order chi connectivity index (χ0) is 21.1. The van der Waals surface area contributed by atoms with Crippen LogP contribution in [0.25, 0.3) is 0 Å². The van der Waals surface area contributed by atoms with Crippen LogP contribution < -0.4 is 14.2 Å². The molecule has 0 bridgehead atoms. The summed E-state index contributed by atoms with van der Waals surface area (Å²) in [6.45, 7) is 4.85. The highest BCUT2D eigenvalue weighted by atomic mass is 16.6. The number of nitriles is 1. The fourth-order valence-corrected chi connectivity index (χ4v) is 3.60. The Morgan fingerprint density at radius 1 is 1.17 bits per heavy atom. The quantitative estimate of drug-likeness (QED) is 0.581. The van der Waals surface area contributed by atoms with Crippen LogP contribution in [-0.4, -0.2) is 29.7 Å². The lowest BCUT2D eigenvalue weighted by molar-refractivity contribution is 0.0777. The molecule has 6 nitrogen and oxygen atoms in total. The van der Waals surface area contributed by atoms with E-state index < -0.39 is 0 Å².